The fourth-order valence-corrected chi connectivity index (χ4v) is 14.7. The van der Waals surface area contributed by atoms with Gasteiger partial charge in [-0.25, -0.2) is 0 Å². The van der Waals surface area contributed by atoms with Gasteiger partial charge in [0.05, 0.1) is 0 Å². The Kier molecular flexibility index (Phi) is 13.2. The van der Waals surface area contributed by atoms with Crippen LogP contribution < -0.4 is 0 Å². The molecular weight excluding hydrogens is 625 g/mol. The second-order valence-corrected chi connectivity index (χ2v) is 25.9. The molecule has 0 nitrogen and oxygen atoms in total. The van der Waals surface area contributed by atoms with Crippen molar-refractivity contribution < 1.29 is 0 Å². The van der Waals surface area contributed by atoms with Crippen LogP contribution in [-0.2, 0) is 0 Å². The molecule has 0 saturated heterocycles. The van der Waals surface area contributed by atoms with Crippen LogP contribution in [0.5, 0.6) is 0 Å². The molecular formula is C52H94. The van der Waals surface area contributed by atoms with Crippen LogP contribution in [0.3, 0.4) is 0 Å². The van der Waals surface area contributed by atoms with Crippen molar-refractivity contribution in [1.29, 1.82) is 0 Å². The smallest absolute Gasteiger partial charge is 0.0354 e. The summed E-state index contributed by atoms with van der Waals surface area (Å²) in [6.45, 7) is 30.4. The summed E-state index contributed by atoms with van der Waals surface area (Å²) in [5, 5.41) is 0. The van der Waals surface area contributed by atoms with Gasteiger partial charge >= 0.3 is 0 Å². The zero-order valence-electron chi connectivity index (χ0n) is 37.6. The molecule has 0 heterocycles. The summed E-state index contributed by atoms with van der Waals surface area (Å²) >= 11 is 0. The minimum absolute atomic E-state index is 0.471. The maximum Gasteiger partial charge on any atom is -0.0354 e. The molecule has 6 saturated carbocycles. The quantitative estimate of drug-likeness (QED) is 0.265. The van der Waals surface area contributed by atoms with Gasteiger partial charge in [-0.15, -0.1) is 0 Å². The van der Waals surface area contributed by atoms with Gasteiger partial charge < -0.3 is 0 Å². The molecule has 4 atom stereocenters. The minimum Gasteiger partial charge on any atom is -0.0599 e. The Balaban J connectivity index is 0.903. The lowest BCUT2D eigenvalue weighted by atomic mass is 9.56. The van der Waals surface area contributed by atoms with E-state index >= 15 is 0 Å². The molecule has 0 N–H and O–H groups in total. The molecule has 0 aromatic carbocycles. The fourth-order valence-electron chi connectivity index (χ4n) is 14.7. The first-order valence-electron chi connectivity index (χ1n) is 24.3. The van der Waals surface area contributed by atoms with Crippen molar-refractivity contribution in [2.45, 2.75) is 224 Å². The molecule has 302 valence electrons. The highest BCUT2D eigenvalue weighted by Gasteiger charge is 2.45. The Morgan fingerprint density at radius 2 is 0.327 bits per heavy atom. The number of hydrogen-bond acceptors (Lipinski definition) is 0. The van der Waals surface area contributed by atoms with Gasteiger partial charge in [-0.1, -0.05) is 83.1 Å². The summed E-state index contributed by atoms with van der Waals surface area (Å²) in [6, 6.07) is 0. The molecule has 4 unspecified atom stereocenters. The van der Waals surface area contributed by atoms with E-state index in [0.717, 1.165) is 82.9 Å². The van der Waals surface area contributed by atoms with Crippen LogP contribution in [0.4, 0.5) is 0 Å². The van der Waals surface area contributed by atoms with E-state index in [1.54, 1.807) is 103 Å². The molecule has 6 aliphatic carbocycles. The zero-order chi connectivity index (χ0) is 37.6. The molecule has 52 heavy (non-hydrogen) atoms. The highest BCUT2D eigenvalue weighted by molar-refractivity contribution is 4.96. The zero-order valence-corrected chi connectivity index (χ0v) is 37.6. The Morgan fingerprint density at radius 3 is 0.462 bits per heavy atom. The molecule has 0 radical (unpaired) electrons. The summed E-state index contributed by atoms with van der Waals surface area (Å²) < 4.78 is 0. The van der Waals surface area contributed by atoms with Crippen LogP contribution in [0.25, 0.3) is 0 Å². The van der Waals surface area contributed by atoms with E-state index in [2.05, 4.69) is 83.1 Å². The van der Waals surface area contributed by atoms with Gasteiger partial charge in [0.1, 0.15) is 0 Å². The topological polar surface area (TPSA) is 0 Å². The van der Waals surface area contributed by atoms with E-state index in [1.807, 2.05) is 0 Å². The molecule has 6 fully saturated rings. The number of hydrogen-bond donors (Lipinski definition) is 0. The van der Waals surface area contributed by atoms with E-state index in [0.29, 0.717) is 21.7 Å². The molecule has 6 rings (SSSR count). The van der Waals surface area contributed by atoms with E-state index in [4.69, 9.17) is 0 Å². The lowest BCUT2D eigenvalue weighted by Crippen LogP contribution is -2.39. The lowest BCUT2D eigenvalue weighted by Gasteiger charge is -2.49. The maximum absolute atomic E-state index is 2.53. The summed E-state index contributed by atoms with van der Waals surface area (Å²) in [7, 11) is 0. The first kappa shape index (κ1) is 41.6. The van der Waals surface area contributed by atoms with Gasteiger partial charge in [0.15, 0.2) is 0 Å². The van der Waals surface area contributed by atoms with Crippen LogP contribution in [0, 0.1) is 105 Å². The third-order valence-electron chi connectivity index (χ3n) is 19.0. The van der Waals surface area contributed by atoms with Gasteiger partial charge in [-0.05, 0) is 246 Å². The standard InChI is InChI=1S/C52H94/c1-49(2,3)45-29-43(30-46(33-45)50(4,5)6)41-25-21-39(22-26-41)37-17-13-35(14-18-37)36-15-19-38(20-16-36)40-23-27-42(28-24-40)44-31-47(51(7,8)9)34-48(32-44)52(10,11)12/h35-48H,13-34H2,1-12H3. The van der Waals surface area contributed by atoms with E-state index < -0.39 is 0 Å². The first-order chi connectivity index (χ1) is 24.3. The Hall–Kier alpha value is 0. The Morgan fingerprint density at radius 1 is 0.192 bits per heavy atom. The van der Waals surface area contributed by atoms with Crippen LogP contribution in [0.15, 0.2) is 0 Å². The molecule has 0 aliphatic heterocycles. The summed E-state index contributed by atoms with van der Waals surface area (Å²) in [6.07, 6.45) is 34.2. The Labute approximate surface area is 327 Å². The average molecular weight is 719 g/mol. The fraction of sp³-hybridized carbons (Fsp3) is 1.00. The highest BCUT2D eigenvalue weighted by atomic mass is 14.5. The molecule has 0 amide bonds. The van der Waals surface area contributed by atoms with Crippen molar-refractivity contribution in [2.24, 2.45) is 105 Å². The monoisotopic (exact) mass is 719 g/mol. The summed E-state index contributed by atoms with van der Waals surface area (Å²) in [5.74, 6) is 14.2. The van der Waals surface area contributed by atoms with Gasteiger partial charge in [0.2, 0.25) is 0 Å². The minimum atomic E-state index is 0.471. The van der Waals surface area contributed by atoms with Crippen molar-refractivity contribution >= 4 is 0 Å². The molecule has 0 aromatic heterocycles. The van der Waals surface area contributed by atoms with Crippen LogP contribution in [-0.4, -0.2) is 0 Å². The largest absolute Gasteiger partial charge is 0.0599 e. The SMILES string of the molecule is CC(C)(C)C1CC(C2CCC(C3CCC(C4CCC(C5CCC(C6CC(C(C)(C)C)CC(C(C)(C)C)C6)CC5)CC4)CC3)CC2)CC(C(C)(C)C)C1. The van der Waals surface area contributed by atoms with Crippen molar-refractivity contribution in [3.63, 3.8) is 0 Å². The third-order valence-corrected chi connectivity index (χ3v) is 19.0. The van der Waals surface area contributed by atoms with E-state index in [9.17, 15) is 0 Å². The lowest BCUT2D eigenvalue weighted by molar-refractivity contribution is 0.0111. The van der Waals surface area contributed by atoms with Crippen molar-refractivity contribution in [1.82, 2.24) is 0 Å². The second kappa shape index (κ2) is 16.5. The van der Waals surface area contributed by atoms with Gasteiger partial charge in [0, 0.05) is 0 Å². The van der Waals surface area contributed by atoms with Crippen LogP contribution >= 0.6 is 0 Å². The van der Waals surface area contributed by atoms with Crippen LogP contribution in [0.1, 0.15) is 224 Å². The van der Waals surface area contributed by atoms with E-state index in [1.165, 1.54) is 38.5 Å². The van der Waals surface area contributed by atoms with Crippen molar-refractivity contribution in [3.05, 3.63) is 0 Å². The molecule has 6 aliphatic rings. The Bertz CT molecular complexity index is 935. The average Bonchev–Trinajstić information content (AvgIpc) is 3.10. The molecule has 0 bridgehead atoms. The van der Waals surface area contributed by atoms with Gasteiger partial charge in [-0.3, -0.25) is 0 Å². The first-order valence-corrected chi connectivity index (χ1v) is 24.3. The highest BCUT2D eigenvalue weighted by Crippen LogP contribution is 2.56. The predicted molar refractivity (Wildman–Crippen MR) is 228 cm³/mol. The molecule has 0 spiro atoms. The number of rotatable bonds is 5. The second-order valence-electron chi connectivity index (χ2n) is 25.9. The third kappa shape index (κ3) is 10.3. The van der Waals surface area contributed by atoms with Crippen LogP contribution in [0.2, 0.25) is 0 Å². The normalized spacial score (nSPS) is 43.6. The maximum atomic E-state index is 2.53. The van der Waals surface area contributed by atoms with E-state index in [-0.39, 0.29) is 0 Å². The predicted octanol–water partition coefficient (Wildman–Crippen LogP) is 16.5. The molecule has 0 heteroatoms. The van der Waals surface area contributed by atoms with Crippen molar-refractivity contribution in [2.75, 3.05) is 0 Å². The molecule has 0 aromatic rings. The van der Waals surface area contributed by atoms with Crippen molar-refractivity contribution in [3.8, 4) is 0 Å². The van der Waals surface area contributed by atoms with Gasteiger partial charge in [0.25, 0.3) is 0 Å². The summed E-state index contributed by atoms with van der Waals surface area (Å²) in [5.41, 5.74) is 1.88. The van der Waals surface area contributed by atoms with Gasteiger partial charge in [-0.2, -0.15) is 0 Å². The summed E-state index contributed by atoms with van der Waals surface area (Å²) in [4.78, 5) is 0.